The lowest BCUT2D eigenvalue weighted by Gasteiger charge is -2.24. The van der Waals surface area contributed by atoms with Gasteiger partial charge >= 0.3 is 0 Å². The maximum Gasteiger partial charge on any atom is 0.0641 e. The number of benzene rings is 1. The van der Waals surface area contributed by atoms with Gasteiger partial charge in [0.05, 0.1) is 6.61 Å². The van der Waals surface area contributed by atoms with Gasteiger partial charge in [-0.1, -0.05) is 15.9 Å². The van der Waals surface area contributed by atoms with Crippen LogP contribution < -0.4 is 4.90 Å². The molecule has 0 atom stereocenters. The van der Waals surface area contributed by atoms with E-state index in [9.17, 15) is 0 Å². The Kier molecular flexibility index (Phi) is 4.50. The van der Waals surface area contributed by atoms with Crippen molar-refractivity contribution in [3.05, 3.63) is 28.2 Å². The minimum Gasteiger partial charge on any atom is -0.380 e. The van der Waals surface area contributed by atoms with Crippen LogP contribution >= 0.6 is 27.5 Å². The second-order valence-corrected chi connectivity index (χ2v) is 5.04. The molecule has 1 heterocycles. The van der Waals surface area contributed by atoms with Gasteiger partial charge in [-0.2, -0.15) is 0 Å². The van der Waals surface area contributed by atoms with E-state index in [1.54, 1.807) is 0 Å². The molecule has 0 N–H and O–H groups in total. The van der Waals surface area contributed by atoms with Crippen molar-refractivity contribution >= 4 is 33.2 Å². The summed E-state index contributed by atoms with van der Waals surface area (Å²) in [6.07, 6.45) is 1.08. The van der Waals surface area contributed by atoms with Gasteiger partial charge < -0.3 is 9.64 Å². The molecule has 0 bridgehead atoms. The van der Waals surface area contributed by atoms with E-state index in [4.69, 9.17) is 16.3 Å². The van der Waals surface area contributed by atoms with Crippen LogP contribution in [0.1, 0.15) is 12.0 Å². The van der Waals surface area contributed by atoms with Crippen molar-refractivity contribution in [2.45, 2.75) is 12.3 Å². The van der Waals surface area contributed by atoms with E-state index in [0.29, 0.717) is 5.88 Å². The first-order chi connectivity index (χ1) is 7.81. The summed E-state index contributed by atoms with van der Waals surface area (Å²) in [5.41, 5.74) is 2.42. The zero-order valence-electron chi connectivity index (χ0n) is 9.09. The van der Waals surface area contributed by atoms with Gasteiger partial charge in [0.15, 0.2) is 0 Å². The van der Waals surface area contributed by atoms with Crippen molar-refractivity contribution in [3.63, 3.8) is 0 Å². The van der Waals surface area contributed by atoms with Crippen LogP contribution in [-0.2, 0) is 10.6 Å². The average Bonchev–Trinajstić information content (AvgIpc) is 2.57. The molecular formula is C12H15BrClNO. The van der Waals surface area contributed by atoms with Gasteiger partial charge in [0.25, 0.3) is 0 Å². The number of rotatable bonds is 2. The first kappa shape index (κ1) is 12.2. The molecule has 16 heavy (non-hydrogen) atoms. The summed E-state index contributed by atoms with van der Waals surface area (Å²) in [5.74, 6) is 0.548. The normalized spacial score (nSPS) is 17.2. The van der Waals surface area contributed by atoms with Gasteiger partial charge in [-0.3, -0.25) is 0 Å². The quantitative estimate of drug-likeness (QED) is 0.776. The third-order valence-corrected chi connectivity index (χ3v) is 3.53. The molecule has 2 nitrogen and oxygen atoms in total. The van der Waals surface area contributed by atoms with Crippen LogP contribution in [0.25, 0.3) is 0 Å². The van der Waals surface area contributed by atoms with Crippen LogP contribution in [-0.4, -0.2) is 26.3 Å². The number of hydrogen-bond donors (Lipinski definition) is 0. The van der Waals surface area contributed by atoms with Crippen molar-refractivity contribution < 1.29 is 4.74 Å². The summed E-state index contributed by atoms with van der Waals surface area (Å²) in [7, 11) is 0. The molecule has 1 fully saturated rings. The minimum absolute atomic E-state index is 0.548. The second kappa shape index (κ2) is 5.89. The molecule has 1 aliphatic rings. The molecule has 0 spiro atoms. The summed E-state index contributed by atoms with van der Waals surface area (Å²) < 4.78 is 6.54. The van der Waals surface area contributed by atoms with E-state index >= 15 is 0 Å². The van der Waals surface area contributed by atoms with E-state index < -0.39 is 0 Å². The number of hydrogen-bond acceptors (Lipinski definition) is 2. The largest absolute Gasteiger partial charge is 0.380 e. The highest BCUT2D eigenvalue weighted by atomic mass is 79.9. The zero-order chi connectivity index (χ0) is 11.4. The fourth-order valence-corrected chi connectivity index (χ4v) is 2.58. The van der Waals surface area contributed by atoms with Crippen molar-refractivity contribution in [2.75, 3.05) is 31.2 Å². The number of ether oxygens (including phenoxy) is 1. The molecule has 1 saturated heterocycles. The molecule has 2 rings (SSSR count). The predicted molar refractivity (Wildman–Crippen MR) is 71.3 cm³/mol. The van der Waals surface area contributed by atoms with Crippen LogP contribution in [0.2, 0.25) is 0 Å². The monoisotopic (exact) mass is 303 g/mol. The molecule has 0 aliphatic carbocycles. The molecule has 4 heteroatoms. The third-order valence-electron chi connectivity index (χ3n) is 2.75. The number of alkyl halides is 1. The van der Waals surface area contributed by atoms with Gasteiger partial charge in [-0.25, -0.2) is 0 Å². The summed E-state index contributed by atoms with van der Waals surface area (Å²) in [6.45, 7) is 3.66. The number of anilines is 1. The van der Waals surface area contributed by atoms with E-state index in [1.165, 1.54) is 11.3 Å². The minimum atomic E-state index is 0.548. The summed E-state index contributed by atoms with van der Waals surface area (Å²) in [4.78, 5) is 2.36. The Hall–Kier alpha value is -0.250. The highest BCUT2D eigenvalue weighted by Crippen LogP contribution is 2.26. The van der Waals surface area contributed by atoms with Crippen LogP contribution in [0.3, 0.4) is 0 Å². The second-order valence-electron chi connectivity index (χ2n) is 3.86. The van der Waals surface area contributed by atoms with Crippen molar-refractivity contribution in [1.82, 2.24) is 0 Å². The fraction of sp³-hybridized carbons (Fsp3) is 0.500. The standard InChI is InChI=1S/C12H15BrClNO/c13-11-2-3-12(10(8-11)9-14)15-4-1-6-16-7-5-15/h2-3,8H,1,4-7,9H2. The van der Waals surface area contributed by atoms with Gasteiger partial charge in [-0.15, -0.1) is 11.6 Å². The Morgan fingerprint density at radius 3 is 3.00 bits per heavy atom. The SMILES string of the molecule is ClCc1cc(Br)ccc1N1CCCOCC1. The van der Waals surface area contributed by atoms with E-state index in [2.05, 4.69) is 39.0 Å². The van der Waals surface area contributed by atoms with E-state index in [0.717, 1.165) is 37.2 Å². The Labute approximate surface area is 110 Å². The van der Waals surface area contributed by atoms with Crippen LogP contribution in [0.5, 0.6) is 0 Å². The molecule has 88 valence electrons. The lowest BCUT2D eigenvalue weighted by atomic mass is 10.1. The molecule has 1 aliphatic heterocycles. The lowest BCUT2D eigenvalue weighted by Crippen LogP contribution is -2.26. The Balaban J connectivity index is 2.23. The van der Waals surface area contributed by atoms with Crippen LogP contribution in [0, 0.1) is 0 Å². The maximum atomic E-state index is 5.99. The average molecular weight is 305 g/mol. The number of halogens is 2. The lowest BCUT2D eigenvalue weighted by molar-refractivity contribution is 0.152. The molecule has 0 radical (unpaired) electrons. The Morgan fingerprint density at radius 2 is 2.19 bits per heavy atom. The number of nitrogens with zero attached hydrogens (tertiary/aromatic N) is 1. The van der Waals surface area contributed by atoms with Gasteiger partial charge in [0.2, 0.25) is 0 Å². The van der Waals surface area contributed by atoms with E-state index in [-0.39, 0.29) is 0 Å². The molecule has 1 aromatic rings. The topological polar surface area (TPSA) is 12.5 Å². The molecule has 0 amide bonds. The molecule has 0 unspecified atom stereocenters. The van der Waals surface area contributed by atoms with Gasteiger partial charge in [0.1, 0.15) is 0 Å². The first-order valence-corrected chi connectivity index (χ1v) is 6.81. The van der Waals surface area contributed by atoms with Crippen molar-refractivity contribution in [1.29, 1.82) is 0 Å². The maximum absolute atomic E-state index is 5.99. The van der Waals surface area contributed by atoms with Crippen molar-refractivity contribution in [2.24, 2.45) is 0 Å². The summed E-state index contributed by atoms with van der Waals surface area (Å²) in [5, 5.41) is 0. The Bertz CT molecular complexity index is 351. The summed E-state index contributed by atoms with van der Waals surface area (Å²) in [6, 6.07) is 6.29. The molecule has 1 aromatic carbocycles. The smallest absolute Gasteiger partial charge is 0.0641 e. The fourth-order valence-electron chi connectivity index (χ4n) is 1.96. The van der Waals surface area contributed by atoms with Gasteiger partial charge in [-0.05, 0) is 30.2 Å². The summed E-state index contributed by atoms with van der Waals surface area (Å²) >= 11 is 9.46. The highest BCUT2D eigenvalue weighted by Gasteiger charge is 2.13. The predicted octanol–water partition coefficient (Wildman–Crippen LogP) is 3.41. The molecule has 0 aromatic heterocycles. The Morgan fingerprint density at radius 1 is 1.31 bits per heavy atom. The van der Waals surface area contributed by atoms with Crippen LogP contribution in [0.15, 0.2) is 22.7 Å². The first-order valence-electron chi connectivity index (χ1n) is 5.48. The highest BCUT2D eigenvalue weighted by molar-refractivity contribution is 9.10. The van der Waals surface area contributed by atoms with Crippen molar-refractivity contribution in [3.8, 4) is 0 Å². The third kappa shape index (κ3) is 2.90. The molecular weight excluding hydrogens is 289 g/mol. The van der Waals surface area contributed by atoms with Crippen LogP contribution in [0.4, 0.5) is 5.69 Å². The van der Waals surface area contributed by atoms with E-state index in [1.807, 2.05) is 0 Å². The van der Waals surface area contributed by atoms with Gasteiger partial charge in [0, 0.05) is 35.7 Å². The zero-order valence-corrected chi connectivity index (χ0v) is 11.4. The molecule has 0 saturated carbocycles.